The molecule has 19 heavy (non-hydrogen) atoms. The maximum Gasteiger partial charge on any atom is 0.315 e. The molecular weight excluding hydrogens is 289 g/mol. The van der Waals surface area contributed by atoms with Gasteiger partial charge in [-0.1, -0.05) is 29.3 Å². The molecule has 0 heterocycles. The number of aliphatic carboxylic acids is 1. The van der Waals surface area contributed by atoms with E-state index in [9.17, 15) is 9.59 Å². The SMILES string of the molecule is CC(C(=O)O)C(=O)N(C)C(C)c1ccc(Cl)c(Cl)c1. The zero-order chi connectivity index (χ0) is 14.7. The monoisotopic (exact) mass is 303 g/mol. The number of hydrogen-bond donors (Lipinski definition) is 1. The van der Waals surface area contributed by atoms with E-state index in [0.717, 1.165) is 5.56 Å². The second kappa shape index (κ2) is 6.26. The molecular formula is C13H15Cl2NO3. The molecule has 0 fully saturated rings. The molecule has 0 bridgehead atoms. The van der Waals surface area contributed by atoms with Crippen LogP contribution in [0, 0.1) is 5.92 Å². The van der Waals surface area contributed by atoms with Gasteiger partial charge in [-0.2, -0.15) is 0 Å². The second-order valence-electron chi connectivity index (χ2n) is 4.36. The fourth-order valence-electron chi connectivity index (χ4n) is 1.60. The normalized spacial score (nSPS) is 13.7. The molecule has 4 nitrogen and oxygen atoms in total. The molecule has 104 valence electrons. The fourth-order valence-corrected chi connectivity index (χ4v) is 1.90. The molecule has 0 spiro atoms. The zero-order valence-corrected chi connectivity index (χ0v) is 12.4. The van der Waals surface area contributed by atoms with E-state index in [1.165, 1.54) is 11.8 Å². The Labute approximate surface area is 121 Å². The summed E-state index contributed by atoms with van der Waals surface area (Å²) in [6, 6.07) is 4.79. The summed E-state index contributed by atoms with van der Waals surface area (Å²) in [5, 5.41) is 9.68. The number of carbonyl (C=O) groups excluding carboxylic acids is 1. The van der Waals surface area contributed by atoms with E-state index < -0.39 is 17.8 Å². The summed E-state index contributed by atoms with van der Waals surface area (Å²) in [4.78, 5) is 24.1. The first-order valence-electron chi connectivity index (χ1n) is 5.70. The number of rotatable bonds is 4. The smallest absolute Gasteiger partial charge is 0.315 e. The number of hydrogen-bond acceptors (Lipinski definition) is 2. The van der Waals surface area contributed by atoms with Crippen molar-refractivity contribution in [3.8, 4) is 0 Å². The van der Waals surface area contributed by atoms with E-state index >= 15 is 0 Å². The van der Waals surface area contributed by atoms with Gasteiger partial charge in [0.15, 0.2) is 0 Å². The van der Waals surface area contributed by atoms with Crippen molar-refractivity contribution in [2.45, 2.75) is 19.9 Å². The van der Waals surface area contributed by atoms with Crippen molar-refractivity contribution >= 4 is 35.1 Å². The Balaban J connectivity index is 2.93. The summed E-state index contributed by atoms with van der Waals surface area (Å²) in [5.74, 6) is -2.67. The van der Waals surface area contributed by atoms with Crippen LogP contribution in [0.1, 0.15) is 25.5 Å². The first-order chi connectivity index (χ1) is 8.75. The maximum absolute atomic E-state index is 11.9. The summed E-state index contributed by atoms with van der Waals surface area (Å²) >= 11 is 11.8. The van der Waals surface area contributed by atoms with Gasteiger partial charge in [0.05, 0.1) is 16.1 Å². The predicted octanol–water partition coefficient (Wildman–Crippen LogP) is 3.23. The van der Waals surface area contributed by atoms with Crippen LogP contribution in [0.15, 0.2) is 18.2 Å². The van der Waals surface area contributed by atoms with Crippen LogP contribution >= 0.6 is 23.2 Å². The second-order valence-corrected chi connectivity index (χ2v) is 5.17. The lowest BCUT2D eigenvalue weighted by atomic mass is 10.0. The summed E-state index contributed by atoms with van der Waals surface area (Å²) in [7, 11) is 1.56. The van der Waals surface area contributed by atoms with Crippen molar-refractivity contribution in [2.24, 2.45) is 5.92 Å². The van der Waals surface area contributed by atoms with Crippen LogP contribution < -0.4 is 0 Å². The predicted molar refractivity (Wildman–Crippen MR) is 74.4 cm³/mol. The van der Waals surface area contributed by atoms with Crippen LogP contribution in [0.5, 0.6) is 0 Å². The van der Waals surface area contributed by atoms with Gasteiger partial charge in [0.1, 0.15) is 5.92 Å². The summed E-state index contributed by atoms with van der Waals surface area (Å²) in [5.41, 5.74) is 0.794. The van der Waals surface area contributed by atoms with E-state index in [0.29, 0.717) is 10.0 Å². The minimum Gasteiger partial charge on any atom is -0.481 e. The summed E-state index contributed by atoms with van der Waals surface area (Å²) < 4.78 is 0. The highest BCUT2D eigenvalue weighted by Crippen LogP contribution is 2.28. The number of benzene rings is 1. The largest absolute Gasteiger partial charge is 0.481 e. The number of nitrogens with zero attached hydrogens (tertiary/aromatic N) is 1. The van der Waals surface area contributed by atoms with Gasteiger partial charge in [-0.15, -0.1) is 0 Å². The van der Waals surface area contributed by atoms with Crippen LogP contribution in [0.25, 0.3) is 0 Å². The van der Waals surface area contributed by atoms with E-state index in [-0.39, 0.29) is 6.04 Å². The van der Waals surface area contributed by atoms with Gasteiger partial charge in [-0.3, -0.25) is 9.59 Å². The zero-order valence-electron chi connectivity index (χ0n) is 10.9. The Morgan fingerprint density at radius 3 is 2.26 bits per heavy atom. The maximum atomic E-state index is 11.9. The van der Waals surface area contributed by atoms with Crippen molar-refractivity contribution < 1.29 is 14.7 Å². The lowest BCUT2D eigenvalue weighted by Gasteiger charge is -2.27. The van der Waals surface area contributed by atoms with E-state index in [4.69, 9.17) is 28.3 Å². The Hall–Kier alpha value is -1.26. The third-order valence-corrected chi connectivity index (χ3v) is 3.83. The molecule has 0 aromatic heterocycles. The van der Waals surface area contributed by atoms with E-state index in [1.54, 1.807) is 32.2 Å². The molecule has 0 aliphatic carbocycles. The summed E-state index contributed by atoms with van der Waals surface area (Å²) in [6.07, 6.45) is 0. The highest BCUT2D eigenvalue weighted by molar-refractivity contribution is 6.42. The highest BCUT2D eigenvalue weighted by atomic mass is 35.5. The van der Waals surface area contributed by atoms with Crippen LogP contribution in [0.2, 0.25) is 10.0 Å². The van der Waals surface area contributed by atoms with Gasteiger partial charge in [0.2, 0.25) is 5.91 Å². The average Bonchev–Trinajstić information content (AvgIpc) is 2.38. The minimum atomic E-state index is -1.14. The summed E-state index contributed by atoms with van der Waals surface area (Å²) in [6.45, 7) is 3.16. The Morgan fingerprint density at radius 2 is 1.79 bits per heavy atom. The van der Waals surface area contributed by atoms with E-state index in [2.05, 4.69) is 0 Å². The van der Waals surface area contributed by atoms with E-state index in [1.807, 2.05) is 0 Å². The van der Waals surface area contributed by atoms with Gasteiger partial charge < -0.3 is 10.0 Å². The molecule has 1 aromatic carbocycles. The topological polar surface area (TPSA) is 57.6 Å². The van der Waals surface area contributed by atoms with Crippen LogP contribution in [-0.2, 0) is 9.59 Å². The van der Waals surface area contributed by atoms with Crippen molar-refractivity contribution in [3.05, 3.63) is 33.8 Å². The number of carboxylic acids is 1. The van der Waals surface area contributed by atoms with Gasteiger partial charge in [-0.05, 0) is 31.5 Å². The highest BCUT2D eigenvalue weighted by Gasteiger charge is 2.27. The van der Waals surface area contributed by atoms with Crippen molar-refractivity contribution in [3.63, 3.8) is 0 Å². The minimum absolute atomic E-state index is 0.288. The number of halogens is 2. The molecule has 1 rings (SSSR count). The molecule has 1 N–H and O–H groups in total. The quantitative estimate of drug-likeness (QED) is 0.869. The van der Waals surface area contributed by atoms with Gasteiger partial charge in [-0.25, -0.2) is 0 Å². The Morgan fingerprint density at radius 1 is 1.21 bits per heavy atom. The number of carboxylic acid groups (broad SMARTS) is 1. The molecule has 1 aromatic rings. The van der Waals surface area contributed by atoms with Crippen molar-refractivity contribution in [1.29, 1.82) is 0 Å². The number of carbonyl (C=O) groups is 2. The third-order valence-electron chi connectivity index (χ3n) is 3.10. The average molecular weight is 304 g/mol. The van der Waals surface area contributed by atoms with Gasteiger partial charge in [0, 0.05) is 7.05 Å². The lowest BCUT2D eigenvalue weighted by Crippen LogP contribution is -2.37. The molecule has 0 saturated heterocycles. The van der Waals surface area contributed by atoms with Gasteiger partial charge >= 0.3 is 5.97 Å². The van der Waals surface area contributed by atoms with Crippen LogP contribution in [-0.4, -0.2) is 28.9 Å². The lowest BCUT2D eigenvalue weighted by molar-refractivity contribution is -0.150. The van der Waals surface area contributed by atoms with Crippen molar-refractivity contribution in [1.82, 2.24) is 4.90 Å². The number of amides is 1. The molecule has 6 heteroatoms. The molecule has 0 radical (unpaired) electrons. The molecule has 1 amide bonds. The molecule has 2 atom stereocenters. The third kappa shape index (κ3) is 3.61. The molecule has 2 unspecified atom stereocenters. The Kier molecular flexibility index (Phi) is 5.20. The van der Waals surface area contributed by atoms with Crippen LogP contribution in [0.3, 0.4) is 0 Å². The molecule has 0 aliphatic heterocycles. The Bertz CT molecular complexity index is 505. The standard InChI is InChI=1S/C13H15Cl2NO3/c1-7(13(18)19)12(17)16(3)8(2)9-4-5-10(14)11(15)6-9/h4-8H,1-3H3,(H,18,19). The fraction of sp³-hybridized carbons (Fsp3) is 0.385. The molecule has 0 aliphatic rings. The van der Waals surface area contributed by atoms with Crippen molar-refractivity contribution in [2.75, 3.05) is 7.05 Å². The molecule has 0 saturated carbocycles. The van der Waals surface area contributed by atoms with Crippen LogP contribution in [0.4, 0.5) is 0 Å². The van der Waals surface area contributed by atoms with Gasteiger partial charge in [0.25, 0.3) is 0 Å². The first-order valence-corrected chi connectivity index (χ1v) is 6.45. The first kappa shape index (κ1) is 15.8.